The molecule has 1 aromatic carbocycles. The summed E-state index contributed by atoms with van der Waals surface area (Å²) >= 11 is 5.98. The molecular formula is C15H15ClN4O2. The highest BCUT2D eigenvalue weighted by Gasteiger charge is 2.38. The third kappa shape index (κ3) is 2.28. The van der Waals surface area contributed by atoms with E-state index in [0.717, 1.165) is 12.1 Å². The fourth-order valence-corrected chi connectivity index (χ4v) is 3.36. The normalized spacial score (nSPS) is 23.8. The van der Waals surface area contributed by atoms with Crippen LogP contribution in [0.15, 0.2) is 30.5 Å². The SMILES string of the molecule is O=C(c1cccc(Cl)c1)N1CC[C@@H]2OCc3cnnn3[C@@H]2C1. The minimum absolute atomic E-state index is 0.00631. The number of ether oxygens (including phenoxy) is 1. The maximum atomic E-state index is 12.7. The van der Waals surface area contributed by atoms with Gasteiger partial charge in [0, 0.05) is 23.7 Å². The molecule has 4 rings (SSSR count). The molecule has 0 spiro atoms. The average molecular weight is 319 g/mol. The molecule has 2 aliphatic rings. The Labute approximate surface area is 132 Å². The van der Waals surface area contributed by atoms with E-state index >= 15 is 0 Å². The number of rotatable bonds is 1. The molecule has 2 atom stereocenters. The maximum absolute atomic E-state index is 12.7. The summed E-state index contributed by atoms with van der Waals surface area (Å²) in [5.74, 6) is -0.00631. The van der Waals surface area contributed by atoms with Crippen LogP contribution in [0, 0.1) is 0 Å². The van der Waals surface area contributed by atoms with Crippen LogP contribution in [0.25, 0.3) is 0 Å². The summed E-state index contributed by atoms with van der Waals surface area (Å²) in [7, 11) is 0. The lowest BCUT2D eigenvalue weighted by molar-refractivity contribution is -0.0605. The number of fused-ring (bicyclic) bond motifs is 3. The molecule has 3 heterocycles. The standard InChI is InChI=1S/C15H15ClN4O2/c16-11-3-1-2-10(6-11)15(21)19-5-4-14-13(8-19)20-12(9-22-14)7-17-18-20/h1-3,6-7,13-14H,4-5,8-9H2/t13-,14+/m1/s1. The maximum Gasteiger partial charge on any atom is 0.253 e. The van der Waals surface area contributed by atoms with E-state index in [2.05, 4.69) is 10.3 Å². The molecule has 0 N–H and O–H groups in total. The molecule has 1 amide bonds. The van der Waals surface area contributed by atoms with Crippen molar-refractivity contribution < 1.29 is 9.53 Å². The van der Waals surface area contributed by atoms with Gasteiger partial charge in [0.25, 0.3) is 5.91 Å². The molecule has 1 saturated heterocycles. The first-order valence-electron chi connectivity index (χ1n) is 7.28. The monoisotopic (exact) mass is 318 g/mol. The zero-order valence-corrected chi connectivity index (χ0v) is 12.6. The predicted octanol–water partition coefficient (Wildman–Crippen LogP) is 1.92. The van der Waals surface area contributed by atoms with Crippen molar-refractivity contribution in [2.45, 2.75) is 25.2 Å². The van der Waals surface area contributed by atoms with Gasteiger partial charge in [-0.1, -0.05) is 22.9 Å². The molecule has 114 valence electrons. The topological polar surface area (TPSA) is 60.3 Å². The molecule has 0 bridgehead atoms. The molecular weight excluding hydrogens is 304 g/mol. The smallest absolute Gasteiger partial charge is 0.253 e. The van der Waals surface area contributed by atoms with Crippen LogP contribution in [-0.4, -0.2) is 45.0 Å². The number of amides is 1. The lowest BCUT2D eigenvalue weighted by Crippen LogP contribution is -2.49. The van der Waals surface area contributed by atoms with Gasteiger partial charge in [0.05, 0.1) is 30.6 Å². The Balaban J connectivity index is 1.58. The molecule has 0 radical (unpaired) electrons. The predicted molar refractivity (Wildman–Crippen MR) is 79.6 cm³/mol. The second-order valence-corrected chi connectivity index (χ2v) is 6.07. The first-order valence-corrected chi connectivity index (χ1v) is 7.65. The molecule has 6 nitrogen and oxygen atoms in total. The van der Waals surface area contributed by atoms with Gasteiger partial charge in [-0.2, -0.15) is 0 Å². The summed E-state index contributed by atoms with van der Waals surface area (Å²) in [6.45, 7) is 1.79. The van der Waals surface area contributed by atoms with Crippen LogP contribution in [0.4, 0.5) is 0 Å². The van der Waals surface area contributed by atoms with Gasteiger partial charge in [-0.3, -0.25) is 4.79 Å². The van der Waals surface area contributed by atoms with Crippen LogP contribution in [0.5, 0.6) is 0 Å². The van der Waals surface area contributed by atoms with Crippen molar-refractivity contribution in [2.24, 2.45) is 0 Å². The number of hydrogen-bond acceptors (Lipinski definition) is 4. The van der Waals surface area contributed by atoms with Gasteiger partial charge < -0.3 is 9.64 Å². The third-order valence-corrected chi connectivity index (χ3v) is 4.52. The van der Waals surface area contributed by atoms with Gasteiger partial charge in [-0.25, -0.2) is 4.68 Å². The summed E-state index contributed by atoms with van der Waals surface area (Å²) in [6.07, 6.45) is 2.61. The van der Waals surface area contributed by atoms with Gasteiger partial charge in [-0.15, -0.1) is 5.10 Å². The van der Waals surface area contributed by atoms with Crippen molar-refractivity contribution in [3.63, 3.8) is 0 Å². The molecule has 1 fully saturated rings. The Morgan fingerprint density at radius 3 is 3.18 bits per heavy atom. The van der Waals surface area contributed by atoms with Crippen molar-refractivity contribution in [3.05, 3.63) is 46.7 Å². The molecule has 2 aromatic rings. The van der Waals surface area contributed by atoms with Gasteiger partial charge in [0.1, 0.15) is 0 Å². The Morgan fingerprint density at radius 2 is 2.32 bits per heavy atom. The number of nitrogens with zero attached hydrogens (tertiary/aromatic N) is 4. The fourth-order valence-electron chi connectivity index (χ4n) is 3.17. The lowest BCUT2D eigenvalue weighted by Gasteiger charge is -2.41. The summed E-state index contributed by atoms with van der Waals surface area (Å²) in [6, 6.07) is 7.08. The van der Waals surface area contributed by atoms with Crippen LogP contribution in [0.3, 0.4) is 0 Å². The van der Waals surface area contributed by atoms with Gasteiger partial charge in [0.15, 0.2) is 0 Å². The Morgan fingerprint density at radius 1 is 1.41 bits per heavy atom. The van der Waals surface area contributed by atoms with Gasteiger partial charge in [-0.05, 0) is 24.6 Å². The van der Waals surface area contributed by atoms with E-state index < -0.39 is 0 Å². The quantitative estimate of drug-likeness (QED) is 0.806. The third-order valence-electron chi connectivity index (χ3n) is 4.29. The Hall–Kier alpha value is -1.92. The first-order chi connectivity index (χ1) is 10.7. The van der Waals surface area contributed by atoms with E-state index in [9.17, 15) is 4.79 Å². The molecule has 0 unspecified atom stereocenters. The van der Waals surface area contributed by atoms with E-state index in [0.29, 0.717) is 30.3 Å². The van der Waals surface area contributed by atoms with Crippen molar-refractivity contribution in [2.75, 3.05) is 13.1 Å². The number of carbonyl (C=O) groups excluding carboxylic acids is 1. The number of hydrogen-bond donors (Lipinski definition) is 0. The Kier molecular flexibility index (Phi) is 3.35. The largest absolute Gasteiger partial charge is 0.370 e. The summed E-state index contributed by atoms with van der Waals surface area (Å²) < 4.78 is 7.75. The molecule has 2 aliphatic heterocycles. The molecule has 0 aliphatic carbocycles. The summed E-state index contributed by atoms with van der Waals surface area (Å²) in [4.78, 5) is 14.5. The zero-order valence-electron chi connectivity index (χ0n) is 11.9. The lowest BCUT2D eigenvalue weighted by atomic mass is 9.99. The number of likely N-dealkylation sites (tertiary alicyclic amines) is 1. The van der Waals surface area contributed by atoms with Crippen molar-refractivity contribution in [3.8, 4) is 0 Å². The van der Waals surface area contributed by atoms with Gasteiger partial charge in [0.2, 0.25) is 0 Å². The fraction of sp³-hybridized carbons (Fsp3) is 0.400. The number of halogens is 1. The summed E-state index contributed by atoms with van der Waals surface area (Å²) in [5, 5.41) is 8.67. The second kappa shape index (κ2) is 5.37. The minimum atomic E-state index is -0.00631. The highest BCUT2D eigenvalue weighted by molar-refractivity contribution is 6.30. The second-order valence-electron chi connectivity index (χ2n) is 5.64. The van der Waals surface area contributed by atoms with Crippen LogP contribution in [0.1, 0.15) is 28.5 Å². The van der Waals surface area contributed by atoms with Crippen LogP contribution < -0.4 is 0 Å². The number of carbonyl (C=O) groups is 1. The van der Waals surface area contributed by atoms with Crippen molar-refractivity contribution in [1.29, 1.82) is 0 Å². The number of piperidine rings is 1. The highest BCUT2D eigenvalue weighted by atomic mass is 35.5. The molecule has 22 heavy (non-hydrogen) atoms. The van der Waals surface area contributed by atoms with Crippen LogP contribution in [0.2, 0.25) is 5.02 Å². The summed E-state index contributed by atoms with van der Waals surface area (Å²) in [5.41, 5.74) is 1.57. The van der Waals surface area contributed by atoms with Crippen molar-refractivity contribution in [1.82, 2.24) is 19.9 Å². The van der Waals surface area contributed by atoms with Crippen molar-refractivity contribution >= 4 is 17.5 Å². The minimum Gasteiger partial charge on any atom is -0.370 e. The number of benzene rings is 1. The molecule has 0 saturated carbocycles. The van der Waals surface area contributed by atoms with Crippen LogP contribution in [-0.2, 0) is 11.3 Å². The highest BCUT2D eigenvalue weighted by Crippen LogP contribution is 2.30. The molecule has 1 aromatic heterocycles. The zero-order chi connectivity index (χ0) is 15.1. The van der Waals surface area contributed by atoms with E-state index in [1.54, 1.807) is 30.5 Å². The van der Waals surface area contributed by atoms with Crippen LogP contribution >= 0.6 is 11.6 Å². The molecule has 7 heteroatoms. The Bertz CT molecular complexity index is 717. The first kappa shape index (κ1) is 13.7. The van der Waals surface area contributed by atoms with E-state index in [1.807, 2.05) is 9.58 Å². The average Bonchev–Trinajstić information content (AvgIpc) is 3.02. The van der Waals surface area contributed by atoms with Gasteiger partial charge >= 0.3 is 0 Å². The van der Waals surface area contributed by atoms with E-state index in [1.165, 1.54) is 0 Å². The number of aromatic nitrogens is 3. The van der Waals surface area contributed by atoms with E-state index in [4.69, 9.17) is 16.3 Å². The van der Waals surface area contributed by atoms with E-state index in [-0.39, 0.29) is 18.1 Å².